The van der Waals surface area contributed by atoms with Crippen molar-refractivity contribution in [3.05, 3.63) is 52.3 Å². The molecule has 2 saturated carbocycles. The van der Waals surface area contributed by atoms with Gasteiger partial charge in [0.25, 0.3) is 0 Å². The van der Waals surface area contributed by atoms with Gasteiger partial charge in [-0.2, -0.15) is 26.3 Å². The van der Waals surface area contributed by atoms with Crippen LogP contribution in [0, 0.1) is 18.8 Å². The van der Waals surface area contributed by atoms with Crippen molar-refractivity contribution >= 4 is 17.0 Å². The smallest absolute Gasteiger partial charge is 0.356 e. The van der Waals surface area contributed by atoms with Gasteiger partial charge in [-0.15, -0.1) is 0 Å². The fourth-order valence-corrected chi connectivity index (χ4v) is 4.59. The van der Waals surface area contributed by atoms with Crippen LogP contribution < -0.4 is 10.2 Å². The Bertz CT molecular complexity index is 1240. The van der Waals surface area contributed by atoms with E-state index in [2.05, 4.69) is 15.2 Å². The van der Waals surface area contributed by atoms with Gasteiger partial charge in [0.05, 0.1) is 11.1 Å². The molecule has 2 aliphatic rings. The number of nitrogens with zero attached hydrogens (tertiary/aromatic N) is 4. The molecule has 0 saturated heterocycles. The highest BCUT2D eigenvalue weighted by atomic mass is 19.4. The molecule has 2 aromatic heterocycles. The zero-order chi connectivity index (χ0) is 26.5. The van der Waals surface area contributed by atoms with Crippen molar-refractivity contribution in [2.45, 2.75) is 58.0 Å². The maximum atomic E-state index is 13.3. The van der Waals surface area contributed by atoms with Crippen molar-refractivity contribution in [2.75, 3.05) is 18.0 Å². The molecule has 1 N–H and O–H groups in total. The number of nitrogens with one attached hydrogen (secondary N) is 1. The fourth-order valence-electron chi connectivity index (χ4n) is 4.59. The van der Waals surface area contributed by atoms with Crippen LogP contribution in [0.15, 0.2) is 24.3 Å². The van der Waals surface area contributed by atoms with E-state index in [1.165, 1.54) is 25.7 Å². The normalized spacial score (nSPS) is 16.5. The van der Waals surface area contributed by atoms with Gasteiger partial charge >= 0.3 is 12.4 Å². The highest BCUT2D eigenvalue weighted by Gasteiger charge is 2.37. The number of rotatable bonds is 9. The van der Waals surface area contributed by atoms with Crippen molar-refractivity contribution in [3.8, 4) is 0 Å². The molecule has 1 aromatic carbocycles. The van der Waals surface area contributed by atoms with Gasteiger partial charge in [0.1, 0.15) is 17.2 Å². The van der Waals surface area contributed by atoms with Crippen LogP contribution >= 0.6 is 0 Å². The number of aryl methyl sites for hydroxylation is 2. The van der Waals surface area contributed by atoms with Crippen LogP contribution in [0.4, 0.5) is 32.2 Å². The summed E-state index contributed by atoms with van der Waals surface area (Å²) in [5.41, 5.74) is -0.426. The molecule has 5 nitrogen and oxygen atoms in total. The molecule has 0 aliphatic heterocycles. The zero-order valence-electron chi connectivity index (χ0n) is 20.7. The maximum Gasteiger partial charge on any atom is 0.416 e. The Hall–Kier alpha value is -2.82. The lowest BCUT2D eigenvalue weighted by atomic mass is 10.0. The third-order valence-electron chi connectivity index (χ3n) is 7.07. The predicted octanol–water partition coefficient (Wildman–Crippen LogP) is 6.23. The second-order valence-corrected chi connectivity index (χ2v) is 10.3. The summed E-state index contributed by atoms with van der Waals surface area (Å²) >= 11 is 0. The molecule has 0 unspecified atom stereocenters. The number of fused-ring (bicyclic) bond motifs is 1. The summed E-state index contributed by atoms with van der Waals surface area (Å²) in [6.45, 7) is 3.74. The first-order valence-corrected chi connectivity index (χ1v) is 12.5. The summed E-state index contributed by atoms with van der Waals surface area (Å²) in [5, 5.41) is 3.06. The largest absolute Gasteiger partial charge is 0.416 e. The lowest BCUT2D eigenvalue weighted by molar-refractivity contribution is -0.143. The van der Waals surface area contributed by atoms with E-state index in [1.54, 1.807) is 0 Å². The first-order chi connectivity index (χ1) is 17.4. The average Bonchev–Trinajstić information content (AvgIpc) is 3.74. The summed E-state index contributed by atoms with van der Waals surface area (Å²) in [6.07, 6.45) is -5.03. The SMILES string of the molecule is Cc1nc2cc(CNCc3cc(C(F)(F)F)cc(C(F)(F)F)c3)c(N(CC3CC3)CC3CC3)nc2n1C. The number of hydrogen-bond acceptors (Lipinski definition) is 4. The minimum atomic E-state index is -4.87. The second kappa shape index (κ2) is 9.49. The lowest BCUT2D eigenvalue weighted by Gasteiger charge is -2.26. The molecule has 2 aliphatic carbocycles. The summed E-state index contributed by atoms with van der Waals surface area (Å²) in [5.74, 6) is 2.85. The van der Waals surface area contributed by atoms with Crippen LogP contribution in [0.5, 0.6) is 0 Å². The first kappa shape index (κ1) is 25.8. The van der Waals surface area contributed by atoms with Crippen LogP contribution in [0.2, 0.25) is 0 Å². The van der Waals surface area contributed by atoms with Gasteiger partial charge in [0.2, 0.25) is 0 Å². The summed E-state index contributed by atoms with van der Waals surface area (Å²) in [7, 11) is 1.90. The minimum Gasteiger partial charge on any atom is -0.356 e. The molecule has 0 amide bonds. The minimum absolute atomic E-state index is 0.0840. The Kier molecular flexibility index (Phi) is 6.62. The van der Waals surface area contributed by atoms with Crippen LogP contribution in [0.3, 0.4) is 0 Å². The number of anilines is 1. The molecule has 0 atom stereocenters. The zero-order valence-corrected chi connectivity index (χ0v) is 20.7. The van der Waals surface area contributed by atoms with Gasteiger partial charge in [-0.3, -0.25) is 0 Å². The van der Waals surface area contributed by atoms with E-state index in [4.69, 9.17) is 4.98 Å². The number of imidazole rings is 1. The van der Waals surface area contributed by atoms with E-state index < -0.39 is 23.5 Å². The highest BCUT2D eigenvalue weighted by molar-refractivity contribution is 5.76. The number of hydrogen-bond donors (Lipinski definition) is 1. The maximum absolute atomic E-state index is 13.3. The van der Waals surface area contributed by atoms with E-state index in [0.29, 0.717) is 17.4 Å². The van der Waals surface area contributed by atoms with Crippen molar-refractivity contribution in [1.82, 2.24) is 19.9 Å². The average molecular weight is 526 g/mol. The van der Waals surface area contributed by atoms with Crippen LogP contribution in [0.25, 0.3) is 11.2 Å². The molecule has 200 valence electrons. The van der Waals surface area contributed by atoms with Crippen molar-refractivity contribution in [1.29, 1.82) is 0 Å². The van der Waals surface area contributed by atoms with Gasteiger partial charge in [-0.1, -0.05) is 0 Å². The van der Waals surface area contributed by atoms with Gasteiger partial charge in [0, 0.05) is 38.8 Å². The fraction of sp³-hybridized carbons (Fsp3) is 0.538. The quantitative estimate of drug-likeness (QED) is 0.337. The number of aromatic nitrogens is 3. The summed E-state index contributed by atoms with van der Waals surface area (Å²) in [4.78, 5) is 11.8. The molecule has 11 heteroatoms. The Balaban J connectivity index is 1.43. The summed E-state index contributed by atoms with van der Waals surface area (Å²) < 4.78 is 81.5. The van der Waals surface area contributed by atoms with Crippen LogP contribution in [-0.4, -0.2) is 27.6 Å². The predicted molar refractivity (Wildman–Crippen MR) is 128 cm³/mol. The van der Waals surface area contributed by atoms with E-state index in [0.717, 1.165) is 48.1 Å². The molecule has 0 bridgehead atoms. The van der Waals surface area contributed by atoms with E-state index in [9.17, 15) is 26.3 Å². The Labute approximate surface area is 210 Å². The number of halogens is 6. The standard InChI is InChI=1S/C26H29F6N5/c1-15-34-22-9-19(12-33-11-18-7-20(25(27,28)29)10-21(8-18)26(30,31)32)23(35-24(22)36(15)2)37(13-16-3-4-16)14-17-5-6-17/h7-10,16-17,33H,3-6,11-14H2,1-2H3. The molecule has 0 spiro atoms. The van der Waals surface area contributed by atoms with Crippen molar-refractivity contribution in [3.63, 3.8) is 0 Å². The van der Waals surface area contributed by atoms with Crippen molar-refractivity contribution < 1.29 is 26.3 Å². The molecular formula is C26H29F6N5. The van der Waals surface area contributed by atoms with E-state index in [-0.39, 0.29) is 24.7 Å². The Morgan fingerprint density at radius 2 is 1.43 bits per heavy atom. The van der Waals surface area contributed by atoms with Gasteiger partial charge in [-0.25, -0.2) is 9.97 Å². The van der Waals surface area contributed by atoms with Gasteiger partial charge in [-0.05, 0) is 74.3 Å². The second-order valence-electron chi connectivity index (χ2n) is 10.3. The monoisotopic (exact) mass is 525 g/mol. The van der Waals surface area contributed by atoms with E-state index in [1.807, 2.05) is 24.6 Å². The molecule has 2 fully saturated rings. The summed E-state index contributed by atoms with van der Waals surface area (Å²) in [6, 6.07) is 3.60. The topological polar surface area (TPSA) is 46.0 Å². The van der Waals surface area contributed by atoms with Crippen LogP contribution in [-0.2, 0) is 32.5 Å². The number of pyridine rings is 1. The van der Waals surface area contributed by atoms with Gasteiger partial charge < -0.3 is 14.8 Å². The Morgan fingerprint density at radius 3 is 1.95 bits per heavy atom. The van der Waals surface area contributed by atoms with Gasteiger partial charge in [0.15, 0.2) is 5.65 Å². The lowest BCUT2D eigenvalue weighted by Crippen LogP contribution is -2.31. The number of benzene rings is 1. The van der Waals surface area contributed by atoms with Crippen molar-refractivity contribution in [2.24, 2.45) is 18.9 Å². The third kappa shape index (κ3) is 6.02. The van der Waals surface area contributed by atoms with Crippen LogP contribution in [0.1, 0.15) is 53.8 Å². The Morgan fingerprint density at radius 1 is 0.865 bits per heavy atom. The molecular weight excluding hydrogens is 496 g/mol. The molecule has 3 aromatic rings. The highest BCUT2D eigenvalue weighted by Crippen LogP contribution is 2.38. The van der Waals surface area contributed by atoms with E-state index >= 15 is 0 Å². The molecule has 2 heterocycles. The number of alkyl halides is 6. The molecule has 0 radical (unpaired) electrons. The third-order valence-corrected chi connectivity index (χ3v) is 7.07. The molecule has 37 heavy (non-hydrogen) atoms. The molecule has 5 rings (SSSR count). The first-order valence-electron chi connectivity index (χ1n) is 12.5.